The van der Waals surface area contributed by atoms with Gasteiger partial charge in [-0.3, -0.25) is 0 Å². The standard InChI is InChI=1S/C6H15N.C2H7N/c1-4-6-7(3)5-2;1-2-3/h4-6H2,1-3H3;2-3H2,1H3. The van der Waals surface area contributed by atoms with Crippen molar-refractivity contribution < 1.29 is 0 Å². The van der Waals surface area contributed by atoms with E-state index in [9.17, 15) is 0 Å². The molecule has 0 spiro atoms. The first kappa shape index (κ1) is 12.6. The molecule has 0 radical (unpaired) electrons. The molecule has 10 heavy (non-hydrogen) atoms. The van der Waals surface area contributed by atoms with Crippen LogP contribution in [0.3, 0.4) is 0 Å². The van der Waals surface area contributed by atoms with Crippen molar-refractivity contribution in [2.24, 2.45) is 5.73 Å². The lowest BCUT2D eigenvalue weighted by Gasteiger charge is -2.10. The molecule has 0 saturated heterocycles. The molecule has 64 valence electrons. The second kappa shape index (κ2) is 11.7. The van der Waals surface area contributed by atoms with E-state index in [1.165, 1.54) is 19.5 Å². The number of nitrogens with zero attached hydrogens (tertiary/aromatic N) is 1. The van der Waals surface area contributed by atoms with Crippen LogP contribution in [0.5, 0.6) is 0 Å². The Morgan fingerprint density at radius 3 is 1.70 bits per heavy atom. The predicted molar refractivity (Wildman–Crippen MR) is 48.2 cm³/mol. The maximum Gasteiger partial charge on any atom is -0.00245 e. The molecule has 2 heteroatoms. The van der Waals surface area contributed by atoms with Crippen molar-refractivity contribution in [2.75, 3.05) is 26.7 Å². The summed E-state index contributed by atoms with van der Waals surface area (Å²) in [6.45, 7) is 9.44. The van der Waals surface area contributed by atoms with Gasteiger partial charge in [0, 0.05) is 0 Å². The molecule has 0 aliphatic rings. The Morgan fingerprint density at radius 1 is 1.20 bits per heavy atom. The summed E-state index contributed by atoms with van der Waals surface area (Å²) < 4.78 is 0. The third kappa shape index (κ3) is 15.7. The van der Waals surface area contributed by atoms with Crippen LogP contribution in [0.4, 0.5) is 0 Å². The van der Waals surface area contributed by atoms with Gasteiger partial charge in [0.25, 0.3) is 0 Å². The summed E-state index contributed by atoms with van der Waals surface area (Å²) in [6.07, 6.45) is 1.27. The third-order valence-corrected chi connectivity index (χ3v) is 1.15. The molecule has 0 aromatic heterocycles. The van der Waals surface area contributed by atoms with Crippen molar-refractivity contribution in [3.63, 3.8) is 0 Å². The summed E-state index contributed by atoms with van der Waals surface area (Å²) >= 11 is 0. The van der Waals surface area contributed by atoms with E-state index in [0.717, 1.165) is 6.54 Å². The SMILES string of the molecule is CCCN(C)CC.CCN. The van der Waals surface area contributed by atoms with Gasteiger partial charge in [-0.05, 0) is 33.1 Å². The minimum absolute atomic E-state index is 0.750. The molecule has 0 heterocycles. The molecule has 0 bridgehead atoms. The number of nitrogens with two attached hydrogens (primary N) is 1. The Kier molecular flexibility index (Phi) is 14.7. The molecule has 0 aromatic carbocycles. The van der Waals surface area contributed by atoms with Gasteiger partial charge in [-0.25, -0.2) is 0 Å². The first-order valence-corrected chi connectivity index (χ1v) is 4.11. The Hall–Kier alpha value is -0.0800. The summed E-state index contributed by atoms with van der Waals surface area (Å²) in [7, 11) is 2.14. The Labute approximate surface area is 65.4 Å². The monoisotopic (exact) mass is 146 g/mol. The van der Waals surface area contributed by atoms with Crippen LogP contribution in [0.15, 0.2) is 0 Å². The molecule has 2 nitrogen and oxygen atoms in total. The minimum Gasteiger partial charge on any atom is -0.331 e. The van der Waals surface area contributed by atoms with Crippen LogP contribution in [0.25, 0.3) is 0 Å². The topological polar surface area (TPSA) is 29.3 Å². The molecule has 0 rings (SSSR count). The van der Waals surface area contributed by atoms with Gasteiger partial charge < -0.3 is 10.6 Å². The van der Waals surface area contributed by atoms with Crippen molar-refractivity contribution in [3.05, 3.63) is 0 Å². The smallest absolute Gasteiger partial charge is 0.00245 e. The summed E-state index contributed by atoms with van der Waals surface area (Å²) in [6, 6.07) is 0. The maximum atomic E-state index is 4.85. The summed E-state index contributed by atoms with van der Waals surface area (Å²) in [5.41, 5.74) is 4.85. The zero-order valence-corrected chi connectivity index (χ0v) is 7.85. The summed E-state index contributed by atoms with van der Waals surface area (Å²) in [5.74, 6) is 0. The summed E-state index contributed by atoms with van der Waals surface area (Å²) in [5, 5.41) is 0. The highest BCUT2D eigenvalue weighted by atomic mass is 15.1. The van der Waals surface area contributed by atoms with Crippen molar-refractivity contribution in [3.8, 4) is 0 Å². The lowest BCUT2D eigenvalue weighted by atomic mass is 10.4. The van der Waals surface area contributed by atoms with Crippen LogP contribution < -0.4 is 5.73 Å². The molecule has 0 aliphatic carbocycles. The second-order valence-corrected chi connectivity index (χ2v) is 2.30. The third-order valence-electron chi connectivity index (χ3n) is 1.15. The van der Waals surface area contributed by atoms with Crippen LogP contribution in [-0.2, 0) is 0 Å². The number of rotatable bonds is 3. The highest BCUT2D eigenvalue weighted by Gasteiger charge is 1.86. The first-order chi connectivity index (χ1) is 4.72. The van der Waals surface area contributed by atoms with Gasteiger partial charge in [-0.1, -0.05) is 20.8 Å². The molecule has 0 aliphatic heterocycles. The quantitative estimate of drug-likeness (QED) is 0.650. The van der Waals surface area contributed by atoms with E-state index in [1.54, 1.807) is 0 Å². The largest absolute Gasteiger partial charge is 0.331 e. The predicted octanol–water partition coefficient (Wildman–Crippen LogP) is 1.31. The van der Waals surface area contributed by atoms with E-state index in [4.69, 9.17) is 5.73 Å². The van der Waals surface area contributed by atoms with Crippen molar-refractivity contribution in [1.29, 1.82) is 0 Å². The molecule has 2 N–H and O–H groups in total. The average molecular weight is 146 g/mol. The second-order valence-electron chi connectivity index (χ2n) is 2.30. The lowest BCUT2D eigenvalue weighted by Crippen LogP contribution is -2.17. The average Bonchev–Trinajstić information content (AvgIpc) is 1.90. The van der Waals surface area contributed by atoms with Gasteiger partial charge in [0.05, 0.1) is 0 Å². The van der Waals surface area contributed by atoms with E-state index in [-0.39, 0.29) is 0 Å². The number of hydrogen-bond donors (Lipinski definition) is 1. The normalized spacial score (nSPS) is 9.00. The zero-order chi connectivity index (χ0) is 8.41. The molecular weight excluding hydrogens is 124 g/mol. The first-order valence-electron chi connectivity index (χ1n) is 4.11. The van der Waals surface area contributed by atoms with Crippen molar-refractivity contribution >= 4 is 0 Å². The molecule has 0 atom stereocenters. The van der Waals surface area contributed by atoms with E-state index in [0.29, 0.717) is 0 Å². The molecular formula is C8H22N2. The van der Waals surface area contributed by atoms with E-state index < -0.39 is 0 Å². The van der Waals surface area contributed by atoms with Crippen LogP contribution in [0.2, 0.25) is 0 Å². The van der Waals surface area contributed by atoms with Gasteiger partial charge in [0.15, 0.2) is 0 Å². The van der Waals surface area contributed by atoms with Crippen molar-refractivity contribution in [2.45, 2.75) is 27.2 Å². The maximum absolute atomic E-state index is 4.85. The fourth-order valence-electron chi connectivity index (χ4n) is 0.540. The Bertz CT molecular complexity index is 46.5. The van der Waals surface area contributed by atoms with Gasteiger partial charge in [-0.2, -0.15) is 0 Å². The van der Waals surface area contributed by atoms with Gasteiger partial charge >= 0.3 is 0 Å². The van der Waals surface area contributed by atoms with Crippen LogP contribution >= 0.6 is 0 Å². The van der Waals surface area contributed by atoms with E-state index in [1.807, 2.05) is 6.92 Å². The fourth-order valence-corrected chi connectivity index (χ4v) is 0.540. The molecule has 0 amide bonds. The van der Waals surface area contributed by atoms with Gasteiger partial charge in [0.2, 0.25) is 0 Å². The van der Waals surface area contributed by atoms with Crippen molar-refractivity contribution in [1.82, 2.24) is 4.90 Å². The lowest BCUT2D eigenvalue weighted by molar-refractivity contribution is 0.353. The Morgan fingerprint density at radius 2 is 1.60 bits per heavy atom. The molecule has 0 aromatic rings. The minimum atomic E-state index is 0.750. The van der Waals surface area contributed by atoms with E-state index in [2.05, 4.69) is 25.8 Å². The molecule has 0 saturated carbocycles. The van der Waals surface area contributed by atoms with Crippen LogP contribution in [-0.4, -0.2) is 31.6 Å². The zero-order valence-electron chi connectivity index (χ0n) is 7.85. The van der Waals surface area contributed by atoms with E-state index >= 15 is 0 Å². The van der Waals surface area contributed by atoms with Gasteiger partial charge in [-0.15, -0.1) is 0 Å². The Balaban J connectivity index is 0. The number of hydrogen-bond acceptors (Lipinski definition) is 2. The van der Waals surface area contributed by atoms with Crippen LogP contribution in [0.1, 0.15) is 27.2 Å². The van der Waals surface area contributed by atoms with Crippen LogP contribution in [0, 0.1) is 0 Å². The van der Waals surface area contributed by atoms with Gasteiger partial charge in [0.1, 0.15) is 0 Å². The highest BCUT2D eigenvalue weighted by Crippen LogP contribution is 1.82. The summed E-state index contributed by atoms with van der Waals surface area (Å²) in [4.78, 5) is 2.31. The fraction of sp³-hybridized carbons (Fsp3) is 1.00. The highest BCUT2D eigenvalue weighted by molar-refractivity contribution is 4.41. The molecule has 0 unspecified atom stereocenters. The molecule has 0 fully saturated rings.